The van der Waals surface area contributed by atoms with Crippen LogP contribution in [0.3, 0.4) is 0 Å². The molecule has 74 valence electrons. The van der Waals surface area contributed by atoms with E-state index in [2.05, 4.69) is 16.2 Å². The van der Waals surface area contributed by atoms with Crippen molar-refractivity contribution in [3.63, 3.8) is 0 Å². The number of terminal acetylenes is 1. The highest BCUT2D eigenvalue weighted by molar-refractivity contribution is 5.15. The van der Waals surface area contributed by atoms with Crippen molar-refractivity contribution in [2.75, 3.05) is 7.05 Å². The molecule has 0 saturated carbocycles. The lowest BCUT2D eigenvalue weighted by Gasteiger charge is -2.14. The molecule has 0 bridgehead atoms. The molecule has 0 aliphatic carbocycles. The Morgan fingerprint density at radius 2 is 2.43 bits per heavy atom. The first-order chi connectivity index (χ1) is 6.77. The molecule has 1 aromatic rings. The van der Waals surface area contributed by atoms with Gasteiger partial charge in [-0.25, -0.2) is 4.39 Å². The summed E-state index contributed by atoms with van der Waals surface area (Å²) < 4.78 is 12.9. The molecule has 1 heterocycles. The largest absolute Gasteiger partial charge is 0.313 e. The monoisotopic (exact) mass is 192 g/mol. The molecule has 0 fully saturated rings. The van der Waals surface area contributed by atoms with Gasteiger partial charge in [0.05, 0.1) is 6.20 Å². The Morgan fingerprint density at radius 3 is 3.00 bits per heavy atom. The quantitative estimate of drug-likeness (QED) is 0.737. The summed E-state index contributed by atoms with van der Waals surface area (Å²) in [6.07, 6.45) is 9.48. The van der Waals surface area contributed by atoms with Crippen LogP contribution in [0.1, 0.15) is 24.4 Å². The zero-order valence-electron chi connectivity index (χ0n) is 8.13. The lowest BCUT2D eigenvalue weighted by atomic mass is 10.0. The van der Waals surface area contributed by atoms with Crippen LogP contribution >= 0.6 is 0 Å². The van der Waals surface area contributed by atoms with Crippen LogP contribution in [0, 0.1) is 18.2 Å². The maximum atomic E-state index is 12.9. The van der Waals surface area contributed by atoms with E-state index >= 15 is 0 Å². The van der Waals surface area contributed by atoms with E-state index in [1.165, 1.54) is 12.3 Å². The van der Waals surface area contributed by atoms with Crippen LogP contribution in [0.15, 0.2) is 18.5 Å². The molecule has 0 saturated heterocycles. The average molecular weight is 192 g/mol. The summed E-state index contributed by atoms with van der Waals surface area (Å²) in [6.45, 7) is 0. The van der Waals surface area contributed by atoms with Crippen molar-refractivity contribution in [3.05, 3.63) is 29.8 Å². The fourth-order valence-corrected chi connectivity index (χ4v) is 1.32. The van der Waals surface area contributed by atoms with Crippen molar-refractivity contribution in [2.45, 2.75) is 18.9 Å². The van der Waals surface area contributed by atoms with Crippen LogP contribution in [-0.2, 0) is 0 Å². The lowest BCUT2D eigenvalue weighted by Crippen LogP contribution is -2.16. The van der Waals surface area contributed by atoms with Gasteiger partial charge in [0, 0.05) is 18.7 Å². The second kappa shape index (κ2) is 5.36. The Hall–Kier alpha value is -1.40. The molecule has 0 spiro atoms. The van der Waals surface area contributed by atoms with E-state index in [0.29, 0.717) is 6.42 Å². The first-order valence-corrected chi connectivity index (χ1v) is 4.49. The number of hydrogen-bond donors (Lipinski definition) is 1. The van der Waals surface area contributed by atoms with Crippen LogP contribution in [0.5, 0.6) is 0 Å². The summed E-state index contributed by atoms with van der Waals surface area (Å²) >= 11 is 0. The maximum Gasteiger partial charge on any atom is 0.141 e. The highest BCUT2D eigenvalue weighted by atomic mass is 19.1. The Labute approximate surface area is 83.6 Å². The summed E-state index contributed by atoms with van der Waals surface area (Å²) in [4.78, 5) is 3.79. The molecule has 3 heteroatoms. The normalized spacial score (nSPS) is 12.1. The van der Waals surface area contributed by atoms with Gasteiger partial charge in [-0.1, -0.05) is 0 Å². The molecule has 0 aliphatic rings. The van der Waals surface area contributed by atoms with Gasteiger partial charge in [-0.2, -0.15) is 0 Å². The second-order valence-corrected chi connectivity index (χ2v) is 3.02. The van der Waals surface area contributed by atoms with E-state index in [9.17, 15) is 4.39 Å². The van der Waals surface area contributed by atoms with Gasteiger partial charge < -0.3 is 5.32 Å². The van der Waals surface area contributed by atoms with Crippen molar-refractivity contribution in [2.24, 2.45) is 0 Å². The zero-order valence-corrected chi connectivity index (χ0v) is 8.13. The fraction of sp³-hybridized carbons (Fsp3) is 0.364. The molecule has 14 heavy (non-hydrogen) atoms. The fourth-order valence-electron chi connectivity index (χ4n) is 1.32. The van der Waals surface area contributed by atoms with Gasteiger partial charge in [0.15, 0.2) is 0 Å². The highest BCUT2D eigenvalue weighted by Crippen LogP contribution is 2.17. The third-order valence-electron chi connectivity index (χ3n) is 2.05. The Balaban J connectivity index is 2.74. The second-order valence-electron chi connectivity index (χ2n) is 3.02. The van der Waals surface area contributed by atoms with Gasteiger partial charge in [0.2, 0.25) is 0 Å². The molecule has 2 nitrogen and oxygen atoms in total. The van der Waals surface area contributed by atoms with E-state index in [0.717, 1.165) is 12.0 Å². The molecule has 1 N–H and O–H groups in total. The van der Waals surface area contributed by atoms with E-state index in [1.54, 1.807) is 6.20 Å². The summed E-state index contributed by atoms with van der Waals surface area (Å²) in [5, 5.41) is 3.08. The molecule has 1 atom stereocenters. The summed E-state index contributed by atoms with van der Waals surface area (Å²) in [7, 11) is 1.83. The van der Waals surface area contributed by atoms with Crippen LogP contribution in [0.2, 0.25) is 0 Å². The number of rotatable bonds is 4. The number of nitrogens with one attached hydrogen (secondary N) is 1. The van der Waals surface area contributed by atoms with Gasteiger partial charge in [0.1, 0.15) is 5.82 Å². The molecule has 0 aromatic carbocycles. The number of halogens is 1. The summed E-state index contributed by atoms with van der Waals surface area (Å²) in [5.41, 5.74) is 0.836. The third-order valence-corrected chi connectivity index (χ3v) is 2.05. The predicted octanol–water partition coefficient (Wildman–Crippen LogP) is 1.89. The topological polar surface area (TPSA) is 24.9 Å². The number of aromatic nitrogens is 1. The van der Waals surface area contributed by atoms with E-state index in [-0.39, 0.29) is 11.9 Å². The van der Waals surface area contributed by atoms with Gasteiger partial charge in [0.25, 0.3) is 0 Å². The van der Waals surface area contributed by atoms with Crippen molar-refractivity contribution in [1.29, 1.82) is 0 Å². The lowest BCUT2D eigenvalue weighted by molar-refractivity contribution is 0.546. The van der Waals surface area contributed by atoms with Crippen LogP contribution < -0.4 is 5.32 Å². The molecular formula is C11H13FN2. The van der Waals surface area contributed by atoms with Gasteiger partial charge in [-0.15, -0.1) is 12.3 Å². The van der Waals surface area contributed by atoms with Gasteiger partial charge in [-0.3, -0.25) is 4.98 Å². The number of nitrogens with zero attached hydrogens (tertiary/aromatic N) is 1. The summed E-state index contributed by atoms with van der Waals surface area (Å²) in [5.74, 6) is 2.25. The van der Waals surface area contributed by atoms with Crippen LogP contribution in [0.25, 0.3) is 0 Å². The molecule has 0 amide bonds. The summed E-state index contributed by atoms with van der Waals surface area (Å²) in [6, 6.07) is 1.55. The molecule has 1 rings (SSSR count). The van der Waals surface area contributed by atoms with Crippen LogP contribution in [-0.4, -0.2) is 12.0 Å². The third kappa shape index (κ3) is 2.82. The standard InChI is InChI=1S/C11H13FN2/c1-3-4-5-11(13-2)9-6-10(12)8-14-7-9/h1,6-8,11,13H,4-5H2,2H3. The minimum atomic E-state index is -0.316. The maximum absolute atomic E-state index is 12.9. The minimum Gasteiger partial charge on any atom is -0.313 e. The predicted molar refractivity (Wildman–Crippen MR) is 54.1 cm³/mol. The van der Waals surface area contributed by atoms with Crippen LogP contribution in [0.4, 0.5) is 4.39 Å². The van der Waals surface area contributed by atoms with Crippen molar-refractivity contribution < 1.29 is 4.39 Å². The van der Waals surface area contributed by atoms with E-state index in [4.69, 9.17) is 6.42 Å². The molecule has 0 radical (unpaired) electrons. The Bertz CT molecular complexity index is 330. The van der Waals surface area contributed by atoms with E-state index < -0.39 is 0 Å². The van der Waals surface area contributed by atoms with Crippen molar-refractivity contribution >= 4 is 0 Å². The molecular weight excluding hydrogens is 179 g/mol. The first kappa shape index (κ1) is 10.7. The minimum absolute atomic E-state index is 0.0780. The SMILES string of the molecule is C#CCCC(NC)c1cncc(F)c1. The Kier molecular flexibility index (Phi) is 4.09. The highest BCUT2D eigenvalue weighted by Gasteiger charge is 2.08. The average Bonchev–Trinajstić information content (AvgIpc) is 2.19. The number of pyridine rings is 1. The first-order valence-electron chi connectivity index (χ1n) is 4.49. The molecule has 1 unspecified atom stereocenters. The Morgan fingerprint density at radius 1 is 1.64 bits per heavy atom. The zero-order chi connectivity index (χ0) is 10.4. The van der Waals surface area contributed by atoms with E-state index in [1.807, 2.05) is 7.05 Å². The van der Waals surface area contributed by atoms with Crippen molar-refractivity contribution in [1.82, 2.24) is 10.3 Å². The van der Waals surface area contributed by atoms with Gasteiger partial charge in [-0.05, 0) is 25.1 Å². The van der Waals surface area contributed by atoms with Gasteiger partial charge >= 0.3 is 0 Å². The molecule has 1 aromatic heterocycles. The smallest absolute Gasteiger partial charge is 0.141 e. The molecule has 0 aliphatic heterocycles. The van der Waals surface area contributed by atoms with Crippen molar-refractivity contribution in [3.8, 4) is 12.3 Å². The number of hydrogen-bond acceptors (Lipinski definition) is 2.